The van der Waals surface area contributed by atoms with Gasteiger partial charge in [-0.3, -0.25) is 0 Å². The second kappa shape index (κ2) is 7.06. The zero-order valence-corrected chi connectivity index (χ0v) is 11.0. The Labute approximate surface area is 106 Å². The lowest BCUT2D eigenvalue weighted by atomic mass is 9.94. The van der Waals surface area contributed by atoms with Crippen molar-refractivity contribution in [3.05, 3.63) is 16.6 Å². The third-order valence-corrected chi connectivity index (χ3v) is 3.87. The zero-order valence-electron chi connectivity index (χ0n) is 10.2. The molecule has 0 radical (unpaired) electrons. The molecule has 1 fully saturated rings. The van der Waals surface area contributed by atoms with Crippen LogP contribution in [-0.4, -0.2) is 38.4 Å². The predicted octanol–water partition coefficient (Wildman–Crippen LogP) is 1.85. The van der Waals surface area contributed by atoms with Gasteiger partial charge in [0.15, 0.2) is 0 Å². The van der Waals surface area contributed by atoms with Crippen LogP contribution in [0, 0.1) is 5.92 Å². The molecule has 2 unspecified atom stereocenters. The molecule has 96 valence electrons. The van der Waals surface area contributed by atoms with E-state index < -0.39 is 0 Å². The van der Waals surface area contributed by atoms with E-state index in [1.165, 1.54) is 6.42 Å². The molecule has 17 heavy (non-hydrogen) atoms. The molecule has 2 rings (SSSR count). The van der Waals surface area contributed by atoms with Crippen LogP contribution >= 0.6 is 11.3 Å². The highest BCUT2D eigenvalue weighted by Gasteiger charge is 2.28. The van der Waals surface area contributed by atoms with E-state index in [9.17, 15) is 0 Å². The smallest absolute Gasteiger partial charge is 0.122 e. The summed E-state index contributed by atoms with van der Waals surface area (Å²) in [6, 6.07) is 0. The maximum Gasteiger partial charge on any atom is 0.122 e. The largest absolute Gasteiger partial charge is 0.383 e. The summed E-state index contributed by atoms with van der Waals surface area (Å²) in [7, 11) is 1.73. The number of ether oxygens (including phenoxy) is 2. The van der Waals surface area contributed by atoms with E-state index in [1.54, 1.807) is 18.4 Å². The molecular formula is C12H20N2O2S. The van der Waals surface area contributed by atoms with Crippen LogP contribution in [0.1, 0.15) is 24.0 Å². The summed E-state index contributed by atoms with van der Waals surface area (Å²) in [4.78, 5) is 4.38. The highest BCUT2D eigenvalue weighted by atomic mass is 32.1. The molecule has 5 heteroatoms. The Bertz CT molecular complexity index is 305. The fourth-order valence-corrected chi connectivity index (χ4v) is 2.94. The number of hydrogen-bond acceptors (Lipinski definition) is 5. The molecule has 0 aliphatic carbocycles. The van der Waals surface area contributed by atoms with Crippen molar-refractivity contribution in [3.8, 4) is 0 Å². The van der Waals surface area contributed by atoms with E-state index in [0.29, 0.717) is 5.92 Å². The minimum atomic E-state index is 0.179. The number of thiazole rings is 1. The second-order valence-electron chi connectivity index (χ2n) is 4.26. The SMILES string of the molecule is COCCNCC1CCCOC1c1nccs1. The quantitative estimate of drug-likeness (QED) is 0.789. The van der Waals surface area contributed by atoms with Gasteiger partial charge in [0.2, 0.25) is 0 Å². The summed E-state index contributed by atoms with van der Waals surface area (Å²) in [5.41, 5.74) is 0. The van der Waals surface area contributed by atoms with Gasteiger partial charge in [-0.25, -0.2) is 4.98 Å². The normalized spacial score (nSPS) is 25.0. The van der Waals surface area contributed by atoms with Crippen LogP contribution in [0.3, 0.4) is 0 Å². The summed E-state index contributed by atoms with van der Waals surface area (Å²) in [5, 5.41) is 6.55. The van der Waals surface area contributed by atoms with Gasteiger partial charge in [-0.15, -0.1) is 11.3 Å². The van der Waals surface area contributed by atoms with Crippen molar-refractivity contribution in [2.45, 2.75) is 18.9 Å². The van der Waals surface area contributed by atoms with Gasteiger partial charge < -0.3 is 14.8 Å². The molecule has 0 aromatic carbocycles. The van der Waals surface area contributed by atoms with Gasteiger partial charge in [-0.2, -0.15) is 0 Å². The van der Waals surface area contributed by atoms with Gasteiger partial charge in [0, 0.05) is 44.3 Å². The Morgan fingerprint density at radius 3 is 3.35 bits per heavy atom. The predicted molar refractivity (Wildman–Crippen MR) is 68.3 cm³/mol. The van der Waals surface area contributed by atoms with Crippen LogP contribution in [0.25, 0.3) is 0 Å². The van der Waals surface area contributed by atoms with Crippen LogP contribution < -0.4 is 5.32 Å². The monoisotopic (exact) mass is 256 g/mol. The third-order valence-electron chi connectivity index (χ3n) is 3.03. The molecule has 4 nitrogen and oxygen atoms in total. The molecule has 2 heterocycles. The highest BCUT2D eigenvalue weighted by molar-refractivity contribution is 7.09. The van der Waals surface area contributed by atoms with Crippen molar-refractivity contribution in [1.82, 2.24) is 10.3 Å². The number of nitrogens with zero attached hydrogens (tertiary/aromatic N) is 1. The summed E-state index contributed by atoms with van der Waals surface area (Å²) in [6.07, 6.45) is 4.40. The van der Waals surface area contributed by atoms with Crippen LogP contribution in [-0.2, 0) is 9.47 Å². The molecule has 1 aliphatic rings. The Morgan fingerprint density at radius 1 is 1.65 bits per heavy atom. The molecule has 1 N–H and O–H groups in total. The molecule has 1 saturated heterocycles. The van der Waals surface area contributed by atoms with Crippen molar-refractivity contribution < 1.29 is 9.47 Å². The Kier molecular flexibility index (Phi) is 5.38. The molecule has 0 amide bonds. The topological polar surface area (TPSA) is 43.4 Å². The Balaban J connectivity index is 1.84. The summed E-state index contributed by atoms with van der Waals surface area (Å²) < 4.78 is 10.9. The molecule has 0 bridgehead atoms. The molecule has 1 aliphatic heterocycles. The van der Waals surface area contributed by atoms with Gasteiger partial charge in [0.25, 0.3) is 0 Å². The fourth-order valence-electron chi connectivity index (χ4n) is 2.16. The molecule has 0 saturated carbocycles. The molecular weight excluding hydrogens is 236 g/mol. The Hall–Kier alpha value is -0.490. The molecule has 1 aromatic rings. The van der Waals surface area contributed by atoms with Gasteiger partial charge in [0.05, 0.1) is 6.61 Å². The maximum absolute atomic E-state index is 5.87. The van der Waals surface area contributed by atoms with Crippen molar-refractivity contribution in [1.29, 1.82) is 0 Å². The van der Waals surface area contributed by atoms with Crippen LogP contribution in [0.4, 0.5) is 0 Å². The van der Waals surface area contributed by atoms with E-state index in [4.69, 9.17) is 9.47 Å². The van der Waals surface area contributed by atoms with E-state index in [1.807, 2.05) is 11.6 Å². The minimum absolute atomic E-state index is 0.179. The summed E-state index contributed by atoms with van der Waals surface area (Å²) in [6.45, 7) is 3.50. The lowest BCUT2D eigenvalue weighted by molar-refractivity contribution is -0.0281. The maximum atomic E-state index is 5.87. The molecule has 2 atom stereocenters. The summed E-state index contributed by atoms with van der Waals surface area (Å²) >= 11 is 1.69. The average Bonchev–Trinajstić information content (AvgIpc) is 2.89. The first-order valence-corrected chi connectivity index (χ1v) is 7.00. The standard InChI is InChI=1S/C12H20N2O2S/c1-15-7-4-13-9-10-3-2-6-16-11(10)12-14-5-8-17-12/h5,8,10-11,13H,2-4,6-7,9H2,1H3. The van der Waals surface area contributed by atoms with E-state index in [0.717, 1.165) is 37.7 Å². The Morgan fingerprint density at radius 2 is 2.59 bits per heavy atom. The van der Waals surface area contributed by atoms with Gasteiger partial charge in [-0.05, 0) is 12.8 Å². The van der Waals surface area contributed by atoms with Crippen molar-refractivity contribution in [3.63, 3.8) is 0 Å². The van der Waals surface area contributed by atoms with Gasteiger partial charge >= 0.3 is 0 Å². The number of methoxy groups -OCH3 is 1. The molecule has 0 spiro atoms. The van der Waals surface area contributed by atoms with Gasteiger partial charge in [0.1, 0.15) is 11.1 Å². The van der Waals surface area contributed by atoms with E-state index in [2.05, 4.69) is 10.3 Å². The summed E-state index contributed by atoms with van der Waals surface area (Å²) in [5.74, 6) is 0.534. The van der Waals surface area contributed by atoms with Crippen molar-refractivity contribution >= 4 is 11.3 Å². The minimum Gasteiger partial charge on any atom is -0.383 e. The van der Waals surface area contributed by atoms with E-state index in [-0.39, 0.29) is 6.10 Å². The van der Waals surface area contributed by atoms with Crippen LogP contribution in [0.15, 0.2) is 11.6 Å². The molecule has 1 aromatic heterocycles. The van der Waals surface area contributed by atoms with Crippen LogP contribution in [0.2, 0.25) is 0 Å². The first-order chi connectivity index (χ1) is 8.42. The third kappa shape index (κ3) is 3.74. The van der Waals surface area contributed by atoms with Crippen LogP contribution in [0.5, 0.6) is 0 Å². The lowest BCUT2D eigenvalue weighted by Gasteiger charge is -2.30. The first kappa shape index (κ1) is 13.0. The number of hydrogen-bond donors (Lipinski definition) is 1. The number of aromatic nitrogens is 1. The average molecular weight is 256 g/mol. The number of rotatable bonds is 6. The van der Waals surface area contributed by atoms with Gasteiger partial charge in [-0.1, -0.05) is 0 Å². The zero-order chi connectivity index (χ0) is 11.9. The van der Waals surface area contributed by atoms with Crippen molar-refractivity contribution in [2.75, 3.05) is 33.4 Å². The lowest BCUT2D eigenvalue weighted by Crippen LogP contribution is -2.33. The van der Waals surface area contributed by atoms with E-state index >= 15 is 0 Å². The second-order valence-corrected chi connectivity index (χ2v) is 5.19. The van der Waals surface area contributed by atoms with Crippen molar-refractivity contribution in [2.24, 2.45) is 5.92 Å². The highest BCUT2D eigenvalue weighted by Crippen LogP contribution is 2.33. The first-order valence-electron chi connectivity index (χ1n) is 6.12. The fraction of sp³-hybridized carbons (Fsp3) is 0.750. The number of nitrogens with one attached hydrogen (secondary N) is 1.